The van der Waals surface area contributed by atoms with E-state index < -0.39 is 11.5 Å². The van der Waals surface area contributed by atoms with Crippen molar-refractivity contribution in [1.29, 1.82) is 0 Å². The van der Waals surface area contributed by atoms with Crippen LogP contribution in [0, 0.1) is 5.92 Å². The van der Waals surface area contributed by atoms with Gasteiger partial charge >= 0.3 is 5.97 Å². The first kappa shape index (κ1) is 14.0. The molecule has 0 aromatic carbocycles. The van der Waals surface area contributed by atoms with E-state index in [1.54, 1.807) is 0 Å². The summed E-state index contributed by atoms with van der Waals surface area (Å²) in [5.74, 6) is -0.698. The van der Waals surface area contributed by atoms with Crippen LogP contribution in [0.4, 0.5) is 0 Å². The van der Waals surface area contributed by atoms with E-state index in [1.165, 1.54) is 0 Å². The zero-order valence-corrected chi connectivity index (χ0v) is 10.6. The molecule has 0 radical (unpaired) electrons. The molecule has 0 saturated carbocycles. The van der Waals surface area contributed by atoms with Gasteiger partial charge in [0, 0.05) is 17.9 Å². The highest BCUT2D eigenvalue weighted by molar-refractivity contribution is 5.79. The Balaban J connectivity index is 2.39. The lowest BCUT2D eigenvalue weighted by molar-refractivity contribution is -0.138. The summed E-state index contributed by atoms with van der Waals surface area (Å²) >= 11 is 0. The van der Waals surface area contributed by atoms with Crippen molar-refractivity contribution in [2.24, 2.45) is 5.92 Å². The fourth-order valence-electron chi connectivity index (χ4n) is 2.00. The van der Waals surface area contributed by atoms with Crippen molar-refractivity contribution in [3.63, 3.8) is 0 Å². The third kappa shape index (κ3) is 5.17. The fourth-order valence-corrected chi connectivity index (χ4v) is 2.00. The zero-order valence-electron chi connectivity index (χ0n) is 10.6. The molecule has 1 aliphatic rings. The summed E-state index contributed by atoms with van der Waals surface area (Å²) in [6, 6.07) is 0. The van der Waals surface area contributed by atoms with Gasteiger partial charge in [0.15, 0.2) is 0 Å². The Hall–Kier alpha value is -1.10. The van der Waals surface area contributed by atoms with E-state index in [9.17, 15) is 9.59 Å². The first-order valence-electron chi connectivity index (χ1n) is 6.15. The number of carboxylic acid groups (broad SMARTS) is 1. The van der Waals surface area contributed by atoms with Crippen LogP contribution in [-0.4, -0.2) is 35.6 Å². The summed E-state index contributed by atoms with van der Waals surface area (Å²) in [4.78, 5) is 22.5. The fraction of sp³-hybridized carbons (Fsp3) is 0.833. The second-order valence-corrected chi connectivity index (χ2v) is 5.29. The van der Waals surface area contributed by atoms with Gasteiger partial charge in [0.1, 0.15) is 0 Å². The third-order valence-corrected chi connectivity index (χ3v) is 3.14. The van der Waals surface area contributed by atoms with Gasteiger partial charge in [-0.3, -0.25) is 9.59 Å². The Kier molecular flexibility index (Phi) is 4.93. The van der Waals surface area contributed by atoms with Crippen LogP contribution in [0.5, 0.6) is 0 Å². The van der Waals surface area contributed by atoms with Crippen molar-refractivity contribution in [3.8, 4) is 0 Å². The number of amides is 1. The number of aliphatic carboxylic acids is 1. The highest BCUT2D eigenvalue weighted by atomic mass is 16.4. The summed E-state index contributed by atoms with van der Waals surface area (Å²) in [5, 5.41) is 14.8. The molecule has 0 aromatic heterocycles. The van der Waals surface area contributed by atoms with Crippen molar-refractivity contribution in [2.45, 2.75) is 45.1 Å². The number of carboxylic acids is 1. The van der Waals surface area contributed by atoms with E-state index >= 15 is 0 Å². The van der Waals surface area contributed by atoms with E-state index in [2.05, 4.69) is 10.6 Å². The SMILES string of the molecule is CC(C)(CCC(=O)O)NC(=O)C1CCNCC1. The molecule has 1 amide bonds. The van der Waals surface area contributed by atoms with Crippen molar-refractivity contribution in [3.05, 3.63) is 0 Å². The van der Waals surface area contributed by atoms with Gasteiger partial charge in [-0.15, -0.1) is 0 Å². The number of nitrogens with one attached hydrogen (secondary N) is 2. The Morgan fingerprint density at radius 2 is 1.94 bits per heavy atom. The van der Waals surface area contributed by atoms with Gasteiger partial charge in [-0.25, -0.2) is 0 Å². The monoisotopic (exact) mass is 242 g/mol. The van der Waals surface area contributed by atoms with E-state index in [0.717, 1.165) is 25.9 Å². The summed E-state index contributed by atoms with van der Waals surface area (Å²) in [6.45, 7) is 5.51. The highest BCUT2D eigenvalue weighted by Gasteiger charge is 2.27. The first-order valence-corrected chi connectivity index (χ1v) is 6.15. The molecule has 5 nitrogen and oxygen atoms in total. The molecule has 1 rings (SSSR count). The summed E-state index contributed by atoms with van der Waals surface area (Å²) in [5.41, 5.74) is -0.444. The van der Waals surface area contributed by atoms with Gasteiger partial charge in [-0.1, -0.05) is 0 Å². The lowest BCUT2D eigenvalue weighted by atomic mass is 9.93. The average molecular weight is 242 g/mol. The Labute approximate surface area is 102 Å². The second kappa shape index (κ2) is 6.00. The molecule has 0 atom stereocenters. The van der Waals surface area contributed by atoms with Crippen molar-refractivity contribution in [2.75, 3.05) is 13.1 Å². The van der Waals surface area contributed by atoms with Crippen molar-refractivity contribution in [1.82, 2.24) is 10.6 Å². The molecule has 1 saturated heterocycles. The molecule has 3 N–H and O–H groups in total. The van der Waals surface area contributed by atoms with Crippen LogP contribution in [0.2, 0.25) is 0 Å². The number of hydrogen-bond acceptors (Lipinski definition) is 3. The number of rotatable bonds is 5. The van der Waals surface area contributed by atoms with Gasteiger partial charge in [-0.2, -0.15) is 0 Å². The Morgan fingerprint density at radius 1 is 1.35 bits per heavy atom. The van der Waals surface area contributed by atoms with Crippen LogP contribution in [0.15, 0.2) is 0 Å². The topological polar surface area (TPSA) is 78.4 Å². The number of hydrogen-bond donors (Lipinski definition) is 3. The van der Waals surface area contributed by atoms with Crippen LogP contribution >= 0.6 is 0 Å². The maximum atomic E-state index is 12.0. The maximum Gasteiger partial charge on any atom is 0.303 e. The standard InChI is InChI=1S/C12H22N2O3/c1-12(2,6-3-10(15)16)14-11(17)9-4-7-13-8-5-9/h9,13H,3-8H2,1-2H3,(H,14,17)(H,15,16). The van der Waals surface area contributed by atoms with Gasteiger partial charge in [0.25, 0.3) is 0 Å². The first-order chi connectivity index (χ1) is 7.91. The Morgan fingerprint density at radius 3 is 2.47 bits per heavy atom. The molecule has 0 aliphatic carbocycles. The third-order valence-electron chi connectivity index (χ3n) is 3.14. The molecule has 5 heteroatoms. The molecule has 1 fully saturated rings. The van der Waals surface area contributed by atoms with Crippen LogP contribution in [0.25, 0.3) is 0 Å². The molecule has 0 aromatic rings. The van der Waals surface area contributed by atoms with E-state index in [1.807, 2.05) is 13.8 Å². The molecule has 1 aliphatic heterocycles. The second-order valence-electron chi connectivity index (χ2n) is 5.29. The summed E-state index contributed by atoms with van der Waals surface area (Å²) in [6.07, 6.45) is 2.26. The highest BCUT2D eigenvalue weighted by Crippen LogP contribution is 2.16. The van der Waals surface area contributed by atoms with Crippen LogP contribution in [0.1, 0.15) is 39.5 Å². The Bertz CT molecular complexity index is 283. The van der Waals surface area contributed by atoms with E-state index in [-0.39, 0.29) is 18.2 Å². The minimum absolute atomic E-state index is 0.0573. The van der Waals surface area contributed by atoms with E-state index in [0.29, 0.717) is 6.42 Å². The number of piperidine rings is 1. The molecule has 0 spiro atoms. The van der Waals surface area contributed by atoms with Gasteiger partial charge < -0.3 is 15.7 Å². The molecular weight excluding hydrogens is 220 g/mol. The number of carbonyl (C=O) groups excluding carboxylic acids is 1. The quantitative estimate of drug-likeness (QED) is 0.664. The lowest BCUT2D eigenvalue weighted by Gasteiger charge is -2.30. The predicted octanol–water partition coefficient (Wildman–Crippen LogP) is 0.746. The number of carbonyl (C=O) groups is 2. The molecule has 98 valence electrons. The summed E-state index contributed by atoms with van der Waals surface area (Å²) < 4.78 is 0. The predicted molar refractivity (Wildman–Crippen MR) is 64.7 cm³/mol. The molecule has 1 heterocycles. The molecule has 0 bridgehead atoms. The van der Waals surface area contributed by atoms with Crippen LogP contribution in [0.3, 0.4) is 0 Å². The molecule has 0 unspecified atom stereocenters. The average Bonchev–Trinajstić information content (AvgIpc) is 2.27. The minimum Gasteiger partial charge on any atom is -0.481 e. The molecular formula is C12H22N2O3. The van der Waals surface area contributed by atoms with Gasteiger partial charge in [0.2, 0.25) is 5.91 Å². The normalized spacial score (nSPS) is 17.8. The van der Waals surface area contributed by atoms with Crippen LogP contribution < -0.4 is 10.6 Å². The van der Waals surface area contributed by atoms with Gasteiger partial charge in [0.05, 0.1) is 0 Å². The minimum atomic E-state index is -0.825. The van der Waals surface area contributed by atoms with Crippen molar-refractivity contribution < 1.29 is 14.7 Å². The zero-order chi connectivity index (χ0) is 12.9. The largest absolute Gasteiger partial charge is 0.481 e. The summed E-state index contributed by atoms with van der Waals surface area (Å²) in [7, 11) is 0. The smallest absolute Gasteiger partial charge is 0.303 e. The van der Waals surface area contributed by atoms with Gasteiger partial charge in [-0.05, 0) is 46.2 Å². The lowest BCUT2D eigenvalue weighted by Crippen LogP contribution is -2.48. The van der Waals surface area contributed by atoms with E-state index in [4.69, 9.17) is 5.11 Å². The maximum absolute atomic E-state index is 12.0. The van der Waals surface area contributed by atoms with Crippen molar-refractivity contribution >= 4 is 11.9 Å². The molecule has 17 heavy (non-hydrogen) atoms. The van der Waals surface area contributed by atoms with Crippen LogP contribution in [-0.2, 0) is 9.59 Å².